The molecule has 0 atom stereocenters. The van der Waals surface area contributed by atoms with Gasteiger partial charge in [-0.1, -0.05) is 6.07 Å². The van der Waals surface area contributed by atoms with Gasteiger partial charge in [-0.15, -0.1) is 0 Å². The highest BCUT2D eigenvalue weighted by Crippen LogP contribution is 2.26. The molecule has 0 amide bonds. The van der Waals surface area contributed by atoms with Crippen LogP contribution in [0.1, 0.15) is 48.8 Å². The second-order valence-electron chi connectivity index (χ2n) is 9.11. The number of hydrogen-bond donors (Lipinski definition) is 1. The highest BCUT2D eigenvalue weighted by molar-refractivity contribution is 5.94. The predicted octanol–water partition coefficient (Wildman–Crippen LogP) is 4.23. The molecule has 0 bridgehead atoms. The van der Waals surface area contributed by atoms with E-state index in [1.807, 2.05) is 26.8 Å². The first-order valence-corrected chi connectivity index (χ1v) is 10.9. The zero-order valence-electron chi connectivity index (χ0n) is 19.9. The number of aromatic nitrogens is 7. The third-order valence-electron chi connectivity index (χ3n) is 5.46. The number of ketones is 1. The molecule has 34 heavy (non-hydrogen) atoms. The summed E-state index contributed by atoms with van der Waals surface area (Å²) in [5.74, 6) is 0.0210. The van der Waals surface area contributed by atoms with Crippen molar-refractivity contribution in [2.75, 3.05) is 5.32 Å². The van der Waals surface area contributed by atoms with E-state index in [0.717, 1.165) is 5.56 Å². The van der Waals surface area contributed by atoms with Crippen molar-refractivity contribution < 1.29 is 9.18 Å². The molecule has 0 spiro atoms. The molecule has 4 aromatic rings. The largest absolute Gasteiger partial charge is 0.321 e. The molecule has 4 rings (SSSR count). The molecule has 10 heteroatoms. The summed E-state index contributed by atoms with van der Waals surface area (Å²) in [6.07, 6.45) is 7.20. The minimum Gasteiger partial charge on any atom is -0.321 e. The molecule has 0 aliphatic carbocycles. The Morgan fingerprint density at radius 2 is 1.97 bits per heavy atom. The van der Waals surface area contributed by atoms with Crippen molar-refractivity contribution in [2.24, 2.45) is 7.05 Å². The van der Waals surface area contributed by atoms with Crippen LogP contribution in [0.4, 0.5) is 16.0 Å². The van der Waals surface area contributed by atoms with Gasteiger partial charge in [-0.25, -0.2) is 14.4 Å². The number of hydrogen-bond acceptors (Lipinski definition) is 7. The first-order valence-electron chi connectivity index (χ1n) is 10.9. The van der Waals surface area contributed by atoms with E-state index < -0.39 is 5.82 Å². The molecule has 0 aliphatic heterocycles. The minimum absolute atomic E-state index is 0.0736. The molecule has 0 saturated heterocycles. The third-order valence-corrected chi connectivity index (χ3v) is 5.46. The van der Waals surface area contributed by atoms with Crippen LogP contribution in [0, 0.1) is 12.7 Å². The normalized spacial score (nSPS) is 11.6. The summed E-state index contributed by atoms with van der Waals surface area (Å²) in [6, 6.07) is 5.18. The molecule has 0 fully saturated rings. The second kappa shape index (κ2) is 9.12. The van der Waals surface area contributed by atoms with Crippen LogP contribution in [-0.2, 0) is 19.0 Å². The fourth-order valence-electron chi connectivity index (χ4n) is 3.49. The Kier molecular flexibility index (Phi) is 6.23. The first kappa shape index (κ1) is 23.2. The summed E-state index contributed by atoms with van der Waals surface area (Å²) in [6.45, 7) is 7.76. The lowest BCUT2D eigenvalue weighted by molar-refractivity contribution is 0.0976. The van der Waals surface area contributed by atoms with E-state index in [-0.39, 0.29) is 29.1 Å². The summed E-state index contributed by atoms with van der Waals surface area (Å²) in [4.78, 5) is 25.2. The molecule has 1 N–H and O–H groups in total. The zero-order valence-corrected chi connectivity index (χ0v) is 19.9. The number of rotatable bonds is 7. The molecular formula is C24H27FN8O. The van der Waals surface area contributed by atoms with Gasteiger partial charge in [0.2, 0.25) is 5.95 Å². The number of nitrogens with zero attached hydrogens (tertiary/aromatic N) is 7. The van der Waals surface area contributed by atoms with Crippen molar-refractivity contribution in [1.82, 2.24) is 34.5 Å². The van der Waals surface area contributed by atoms with Crippen molar-refractivity contribution >= 4 is 17.4 Å². The molecule has 0 aliphatic rings. The van der Waals surface area contributed by atoms with Crippen LogP contribution in [0.5, 0.6) is 0 Å². The topological polar surface area (TPSA) is 103 Å². The molecular weight excluding hydrogens is 435 g/mol. The fraction of sp³-hybridized carbons (Fsp3) is 0.333. The van der Waals surface area contributed by atoms with Crippen molar-refractivity contribution in [2.45, 2.75) is 46.1 Å². The van der Waals surface area contributed by atoms with E-state index in [0.29, 0.717) is 29.3 Å². The van der Waals surface area contributed by atoms with E-state index in [4.69, 9.17) is 0 Å². The number of carbonyl (C=O) groups is 1. The maximum Gasteiger partial charge on any atom is 0.230 e. The molecule has 1 aromatic carbocycles. The fourth-order valence-corrected chi connectivity index (χ4v) is 3.49. The standard InChI is InChI=1S/C24H27FN8O/c1-15-16(7-9-20(34)19-10-11-33(31-19)24(2,3)4)6-8-18(21(15)25)22-26-14-27-23(30-22)29-17-12-28-32(5)13-17/h6,8,10-14H,7,9H2,1-5H3,(H,26,27,29,30). The lowest BCUT2D eigenvalue weighted by atomic mass is 9.98. The van der Waals surface area contributed by atoms with E-state index in [1.54, 1.807) is 54.1 Å². The Bertz CT molecular complexity index is 1330. The Balaban J connectivity index is 1.48. The zero-order chi connectivity index (χ0) is 24.5. The molecule has 0 saturated carbocycles. The number of nitrogens with one attached hydrogen (secondary N) is 1. The van der Waals surface area contributed by atoms with E-state index in [1.165, 1.54) is 6.33 Å². The van der Waals surface area contributed by atoms with Crippen molar-refractivity contribution in [3.8, 4) is 11.4 Å². The highest BCUT2D eigenvalue weighted by Gasteiger charge is 2.19. The van der Waals surface area contributed by atoms with Crippen molar-refractivity contribution in [3.63, 3.8) is 0 Å². The average Bonchev–Trinajstić information content (AvgIpc) is 3.44. The molecule has 9 nitrogen and oxygen atoms in total. The van der Waals surface area contributed by atoms with Crippen LogP contribution in [-0.4, -0.2) is 40.3 Å². The number of benzene rings is 1. The quantitative estimate of drug-likeness (QED) is 0.410. The third kappa shape index (κ3) is 5.00. The maximum absolute atomic E-state index is 15.3. The van der Waals surface area contributed by atoms with Gasteiger partial charge >= 0.3 is 0 Å². The van der Waals surface area contributed by atoms with Gasteiger partial charge < -0.3 is 5.32 Å². The van der Waals surface area contributed by atoms with Crippen molar-refractivity contribution in [3.05, 3.63) is 65.8 Å². The summed E-state index contributed by atoms with van der Waals surface area (Å²) >= 11 is 0. The number of halogens is 1. The first-order chi connectivity index (χ1) is 16.1. The Hall–Kier alpha value is -3.95. The van der Waals surface area contributed by atoms with Gasteiger partial charge in [-0.3, -0.25) is 14.2 Å². The van der Waals surface area contributed by atoms with Gasteiger partial charge in [0, 0.05) is 25.9 Å². The second-order valence-corrected chi connectivity index (χ2v) is 9.11. The molecule has 3 heterocycles. The summed E-state index contributed by atoms with van der Waals surface area (Å²) in [5.41, 5.74) is 2.43. The van der Waals surface area contributed by atoms with Gasteiger partial charge in [0.05, 0.1) is 23.0 Å². The molecule has 176 valence electrons. The summed E-state index contributed by atoms with van der Waals surface area (Å²) in [7, 11) is 1.80. The Morgan fingerprint density at radius 3 is 2.65 bits per heavy atom. The van der Waals surface area contributed by atoms with Gasteiger partial charge in [0.25, 0.3) is 0 Å². The van der Waals surface area contributed by atoms with Crippen LogP contribution in [0.3, 0.4) is 0 Å². The van der Waals surface area contributed by atoms with Gasteiger partial charge in [-0.2, -0.15) is 15.2 Å². The Morgan fingerprint density at radius 1 is 1.18 bits per heavy atom. The smallest absolute Gasteiger partial charge is 0.230 e. The summed E-state index contributed by atoms with van der Waals surface area (Å²) in [5, 5.41) is 11.5. The summed E-state index contributed by atoms with van der Waals surface area (Å²) < 4.78 is 18.7. The lowest BCUT2D eigenvalue weighted by Crippen LogP contribution is -2.22. The molecule has 0 unspecified atom stereocenters. The SMILES string of the molecule is Cc1c(CCC(=O)c2ccn(C(C)(C)C)n2)ccc(-c2ncnc(Nc3cnn(C)c3)n2)c1F. The van der Waals surface area contributed by atoms with Gasteiger partial charge in [-0.05, 0) is 57.4 Å². The van der Waals surface area contributed by atoms with Crippen molar-refractivity contribution in [1.29, 1.82) is 0 Å². The van der Waals surface area contributed by atoms with Crippen LogP contribution in [0.2, 0.25) is 0 Å². The van der Waals surface area contributed by atoms with Crippen LogP contribution >= 0.6 is 0 Å². The maximum atomic E-state index is 15.3. The minimum atomic E-state index is -0.416. The lowest BCUT2D eigenvalue weighted by Gasteiger charge is -2.18. The van der Waals surface area contributed by atoms with Crippen LogP contribution in [0.15, 0.2) is 43.1 Å². The number of aryl methyl sites for hydroxylation is 2. The van der Waals surface area contributed by atoms with Crippen LogP contribution in [0.25, 0.3) is 11.4 Å². The van der Waals surface area contributed by atoms with Crippen LogP contribution < -0.4 is 5.32 Å². The van der Waals surface area contributed by atoms with Gasteiger partial charge in [0.15, 0.2) is 11.6 Å². The van der Waals surface area contributed by atoms with E-state index in [2.05, 4.69) is 30.5 Å². The predicted molar refractivity (Wildman–Crippen MR) is 126 cm³/mol. The molecule has 3 aromatic heterocycles. The number of Topliss-reactive ketones (excluding diaryl/α,β-unsaturated/α-hetero) is 1. The van der Waals surface area contributed by atoms with E-state index >= 15 is 4.39 Å². The highest BCUT2D eigenvalue weighted by atomic mass is 19.1. The van der Waals surface area contributed by atoms with Gasteiger partial charge in [0.1, 0.15) is 17.8 Å². The van der Waals surface area contributed by atoms with E-state index in [9.17, 15) is 4.79 Å². The Labute approximate surface area is 197 Å². The number of anilines is 2. The monoisotopic (exact) mass is 462 g/mol. The average molecular weight is 463 g/mol. The molecule has 0 radical (unpaired) electrons. The number of carbonyl (C=O) groups excluding carboxylic acids is 1.